The van der Waals surface area contributed by atoms with E-state index in [1.165, 1.54) is 5.56 Å². The van der Waals surface area contributed by atoms with Gasteiger partial charge in [-0.2, -0.15) is 5.10 Å². The summed E-state index contributed by atoms with van der Waals surface area (Å²) < 4.78 is 1.97. The monoisotopic (exact) mass is 530 g/mol. The van der Waals surface area contributed by atoms with Crippen LogP contribution in [0.4, 0.5) is 10.5 Å². The Morgan fingerprint density at radius 1 is 0.800 bits per heavy atom. The molecule has 0 saturated carbocycles. The van der Waals surface area contributed by atoms with Crippen LogP contribution >= 0.6 is 0 Å². The van der Waals surface area contributed by atoms with Crippen LogP contribution in [0.1, 0.15) is 28.3 Å². The number of rotatable bonds is 9. The van der Waals surface area contributed by atoms with Crippen LogP contribution in [-0.2, 0) is 11.3 Å². The molecule has 0 spiro atoms. The van der Waals surface area contributed by atoms with Crippen molar-refractivity contribution < 1.29 is 14.7 Å². The van der Waals surface area contributed by atoms with Crippen LogP contribution in [0.3, 0.4) is 0 Å². The molecular formula is C33H30N4O3. The summed E-state index contributed by atoms with van der Waals surface area (Å²) in [6, 6.07) is 35.5. The third kappa shape index (κ3) is 6.10. The first-order valence-electron chi connectivity index (χ1n) is 13.1. The summed E-state index contributed by atoms with van der Waals surface area (Å²) in [5.41, 5.74) is 6.43. The number of carbonyl (C=O) groups excluding carboxylic acids is 1. The molecule has 200 valence electrons. The molecule has 3 N–H and O–H groups in total. The molecule has 4 aromatic carbocycles. The van der Waals surface area contributed by atoms with Crippen molar-refractivity contribution in [2.24, 2.45) is 0 Å². The fraction of sp³-hybridized carbons (Fsp3) is 0.121. The van der Waals surface area contributed by atoms with E-state index in [0.717, 1.165) is 27.9 Å². The average molecular weight is 531 g/mol. The molecular weight excluding hydrogens is 500 g/mol. The minimum absolute atomic E-state index is 0.445. The van der Waals surface area contributed by atoms with Crippen molar-refractivity contribution in [3.63, 3.8) is 0 Å². The van der Waals surface area contributed by atoms with E-state index >= 15 is 0 Å². The Balaban J connectivity index is 1.37. The Morgan fingerprint density at radius 2 is 1.35 bits per heavy atom. The van der Waals surface area contributed by atoms with Crippen molar-refractivity contribution in [1.29, 1.82) is 0 Å². The molecule has 40 heavy (non-hydrogen) atoms. The van der Waals surface area contributed by atoms with Gasteiger partial charge in [-0.3, -0.25) is 9.48 Å². The molecule has 0 saturated heterocycles. The third-order valence-corrected chi connectivity index (χ3v) is 6.95. The van der Waals surface area contributed by atoms with Gasteiger partial charge in [0.1, 0.15) is 6.04 Å². The van der Waals surface area contributed by atoms with E-state index in [1.807, 2.05) is 121 Å². The summed E-state index contributed by atoms with van der Waals surface area (Å²) in [7, 11) is 0. The highest BCUT2D eigenvalue weighted by atomic mass is 16.4. The van der Waals surface area contributed by atoms with E-state index < -0.39 is 24.0 Å². The van der Waals surface area contributed by atoms with Crippen LogP contribution in [0.15, 0.2) is 121 Å². The van der Waals surface area contributed by atoms with Gasteiger partial charge in [0.2, 0.25) is 5.91 Å². The molecule has 7 nitrogen and oxygen atoms in total. The molecule has 1 heterocycles. The Morgan fingerprint density at radius 3 is 1.90 bits per heavy atom. The number of nitrogens with one attached hydrogen (secondary N) is 2. The van der Waals surface area contributed by atoms with Crippen LogP contribution in [-0.4, -0.2) is 32.9 Å². The maximum Gasteiger partial charge on any atom is 0.405 e. The van der Waals surface area contributed by atoms with Gasteiger partial charge in [-0.15, -0.1) is 0 Å². The van der Waals surface area contributed by atoms with Crippen molar-refractivity contribution in [2.45, 2.75) is 25.4 Å². The fourth-order valence-electron chi connectivity index (χ4n) is 4.93. The van der Waals surface area contributed by atoms with Crippen LogP contribution in [0.2, 0.25) is 0 Å². The first-order valence-corrected chi connectivity index (χ1v) is 13.1. The molecule has 2 amide bonds. The molecule has 5 aromatic rings. The minimum atomic E-state index is -1.27. The van der Waals surface area contributed by atoms with E-state index in [1.54, 1.807) is 0 Å². The smallest absolute Gasteiger partial charge is 0.405 e. The molecule has 7 heteroatoms. The second kappa shape index (κ2) is 12.1. The lowest BCUT2D eigenvalue weighted by molar-refractivity contribution is -0.118. The van der Waals surface area contributed by atoms with Gasteiger partial charge in [-0.25, -0.2) is 4.79 Å². The van der Waals surface area contributed by atoms with E-state index in [9.17, 15) is 14.7 Å². The van der Waals surface area contributed by atoms with Crippen LogP contribution < -0.4 is 10.6 Å². The fourth-order valence-corrected chi connectivity index (χ4v) is 4.93. The van der Waals surface area contributed by atoms with Gasteiger partial charge in [0.15, 0.2) is 0 Å². The SMILES string of the molecule is Cc1c(-c2ccc(NC(=O)[C@@H](NC(=O)O)C(c3ccccc3)c3ccccc3)cc2)cnn1Cc1ccccc1. The lowest BCUT2D eigenvalue weighted by atomic mass is 9.84. The van der Waals surface area contributed by atoms with Gasteiger partial charge in [0.05, 0.1) is 12.7 Å². The third-order valence-electron chi connectivity index (χ3n) is 6.95. The van der Waals surface area contributed by atoms with E-state index in [4.69, 9.17) is 0 Å². The number of amides is 2. The highest BCUT2D eigenvalue weighted by Gasteiger charge is 2.32. The normalized spacial score (nSPS) is 11.7. The highest BCUT2D eigenvalue weighted by Crippen LogP contribution is 2.30. The zero-order chi connectivity index (χ0) is 27.9. The predicted molar refractivity (Wildman–Crippen MR) is 156 cm³/mol. The summed E-state index contributed by atoms with van der Waals surface area (Å²) in [6.45, 7) is 2.72. The molecule has 0 aliphatic heterocycles. The summed E-state index contributed by atoms with van der Waals surface area (Å²) in [5.74, 6) is -0.962. The minimum Gasteiger partial charge on any atom is -0.465 e. The number of hydrogen-bond donors (Lipinski definition) is 3. The van der Waals surface area contributed by atoms with Gasteiger partial charge in [-0.05, 0) is 41.3 Å². The molecule has 1 atom stereocenters. The number of hydrogen-bond acceptors (Lipinski definition) is 3. The lowest BCUT2D eigenvalue weighted by Crippen LogP contribution is -2.47. The van der Waals surface area contributed by atoms with Crippen molar-refractivity contribution in [1.82, 2.24) is 15.1 Å². The standard InChI is InChI=1S/C33H30N4O3/c1-23-29(21-34-37(23)22-24-11-5-2-6-12-24)25-17-19-28(20-18-25)35-32(38)31(36-33(39)40)30(26-13-7-3-8-14-26)27-15-9-4-10-16-27/h2-21,30-31,36H,22H2,1H3,(H,35,38)(H,39,40)/t31-/m0/s1. The predicted octanol–water partition coefficient (Wildman–Crippen LogP) is 6.31. The van der Waals surface area contributed by atoms with Gasteiger partial charge in [-0.1, -0.05) is 103 Å². The summed E-state index contributed by atoms with van der Waals surface area (Å²) >= 11 is 0. The number of aromatic nitrogens is 2. The van der Waals surface area contributed by atoms with Crippen molar-refractivity contribution >= 4 is 17.7 Å². The molecule has 0 aliphatic carbocycles. The molecule has 5 rings (SSSR count). The highest BCUT2D eigenvalue weighted by molar-refractivity contribution is 5.97. The van der Waals surface area contributed by atoms with Crippen molar-refractivity contribution in [2.75, 3.05) is 5.32 Å². The number of carboxylic acid groups (broad SMARTS) is 1. The molecule has 0 unspecified atom stereocenters. The zero-order valence-corrected chi connectivity index (χ0v) is 22.1. The molecule has 1 aromatic heterocycles. The van der Waals surface area contributed by atoms with E-state index in [0.29, 0.717) is 12.2 Å². The van der Waals surface area contributed by atoms with Crippen LogP contribution in [0.25, 0.3) is 11.1 Å². The summed E-state index contributed by atoms with van der Waals surface area (Å²) in [5, 5.41) is 19.6. The van der Waals surface area contributed by atoms with Gasteiger partial charge < -0.3 is 15.7 Å². The molecule has 0 radical (unpaired) electrons. The van der Waals surface area contributed by atoms with Gasteiger partial charge >= 0.3 is 6.09 Å². The average Bonchev–Trinajstić information content (AvgIpc) is 3.34. The lowest BCUT2D eigenvalue weighted by Gasteiger charge is -2.27. The Hall–Kier alpha value is -5.17. The number of anilines is 1. The van der Waals surface area contributed by atoms with Gasteiger partial charge in [0.25, 0.3) is 0 Å². The second-order valence-electron chi connectivity index (χ2n) is 9.58. The Kier molecular flexibility index (Phi) is 8.02. The van der Waals surface area contributed by atoms with Gasteiger partial charge in [0, 0.05) is 22.9 Å². The number of nitrogens with zero attached hydrogens (tertiary/aromatic N) is 2. The summed E-state index contributed by atoms with van der Waals surface area (Å²) in [4.78, 5) is 25.4. The Bertz CT molecular complexity index is 1530. The number of benzene rings is 4. The van der Waals surface area contributed by atoms with Crippen LogP contribution in [0.5, 0.6) is 0 Å². The second-order valence-corrected chi connectivity index (χ2v) is 9.58. The Labute approximate surface area is 233 Å². The van der Waals surface area contributed by atoms with E-state index in [-0.39, 0.29) is 0 Å². The summed E-state index contributed by atoms with van der Waals surface area (Å²) in [6.07, 6.45) is 0.582. The zero-order valence-electron chi connectivity index (χ0n) is 22.1. The van der Waals surface area contributed by atoms with Crippen molar-refractivity contribution in [3.8, 4) is 11.1 Å². The van der Waals surface area contributed by atoms with E-state index in [2.05, 4.69) is 27.9 Å². The molecule has 0 fully saturated rings. The quantitative estimate of drug-likeness (QED) is 0.208. The first kappa shape index (κ1) is 26.4. The molecule has 0 aliphatic rings. The number of carbonyl (C=O) groups is 2. The maximum absolute atomic E-state index is 13.6. The largest absolute Gasteiger partial charge is 0.465 e. The molecule has 0 bridgehead atoms. The maximum atomic E-state index is 13.6. The van der Waals surface area contributed by atoms with Crippen LogP contribution in [0, 0.1) is 6.92 Å². The van der Waals surface area contributed by atoms with Crippen molar-refractivity contribution in [3.05, 3.63) is 144 Å². The first-order chi connectivity index (χ1) is 19.5. The topological polar surface area (TPSA) is 96.2 Å².